The Bertz CT molecular complexity index is 363. The van der Waals surface area contributed by atoms with Gasteiger partial charge in [-0.2, -0.15) is 0 Å². The Balaban J connectivity index is 1.95. The van der Waals surface area contributed by atoms with Crippen molar-refractivity contribution in [3.8, 4) is 0 Å². The molecule has 1 aliphatic heterocycles. The first-order chi connectivity index (χ1) is 8.27. The van der Waals surface area contributed by atoms with Crippen LogP contribution in [-0.2, 0) is 9.53 Å². The summed E-state index contributed by atoms with van der Waals surface area (Å²) in [5.41, 5.74) is 0.665. The molecule has 2 rings (SSSR count). The largest absolute Gasteiger partial charge is 0.480 e. The lowest BCUT2D eigenvalue weighted by Gasteiger charge is -2.17. The first kappa shape index (κ1) is 12.0. The van der Waals surface area contributed by atoms with Crippen molar-refractivity contribution in [2.75, 3.05) is 13.2 Å². The van der Waals surface area contributed by atoms with Crippen LogP contribution in [0.2, 0.25) is 0 Å². The van der Waals surface area contributed by atoms with Gasteiger partial charge in [-0.3, -0.25) is 15.1 Å². The molecule has 17 heavy (non-hydrogen) atoms. The van der Waals surface area contributed by atoms with E-state index >= 15 is 0 Å². The molecule has 0 spiro atoms. The van der Waals surface area contributed by atoms with Crippen LogP contribution in [0.5, 0.6) is 0 Å². The lowest BCUT2D eigenvalue weighted by Crippen LogP contribution is -2.34. The fourth-order valence-corrected chi connectivity index (χ4v) is 1.95. The molecule has 0 radical (unpaired) electrons. The minimum atomic E-state index is -0.893. The van der Waals surface area contributed by atoms with Crippen molar-refractivity contribution in [1.82, 2.24) is 10.3 Å². The molecule has 1 aromatic heterocycles. The van der Waals surface area contributed by atoms with Crippen LogP contribution in [0.4, 0.5) is 0 Å². The van der Waals surface area contributed by atoms with Gasteiger partial charge in [0.25, 0.3) is 0 Å². The van der Waals surface area contributed by atoms with Gasteiger partial charge in [0.15, 0.2) is 0 Å². The average Bonchev–Trinajstić information content (AvgIpc) is 2.83. The van der Waals surface area contributed by atoms with E-state index in [0.29, 0.717) is 12.1 Å². The van der Waals surface area contributed by atoms with Crippen LogP contribution >= 0.6 is 0 Å². The molecule has 2 unspecified atom stereocenters. The summed E-state index contributed by atoms with van der Waals surface area (Å²) in [4.78, 5) is 15.1. The standard InChI is InChI=1S/C12H16N2O3/c15-12(16)11(9-3-1-5-13-7-9)14-8-10-4-2-6-17-10/h1,3,5,7,10-11,14H,2,4,6,8H2,(H,15,16). The summed E-state index contributed by atoms with van der Waals surface area (Å²) in [6, 6.07) is 2.78. The average molecular weight is 236 g/mol. The van der Waals surface area contributed by atoms with E-state index in [1.807, 2.05) is 0 Å². The van der Waals surface area contributed by atoms with Crippen molar-refractivity contribution < 1.29 is 14.6 Å². The zero-order chi connectivity index (χ0) is 12.1. The summed E-state index contributed by atoms with van der Waals surface area (Å²) in [5, 5.41) is 12.2. The number of pyridine rings is 1. The molecule has 0 aliphatic carbocycles. The van der Waals surface area contributed by atoms with Crippen LogP contribution in [-0.4, -0.2) is 35.3 Å². The number of aromatic nitrogens is 1. The highest BCUT2D eigenvalue weighted by atomic mass is 16.5. The van der Waals surface area contributed by atoms with Gasteiger partial charge in [0, 0.05) is 25.5 Å². The van der Waals surface area contributed by atoms with Gasteiger partial charge in [-0.15, -0.1) is 0 Å². The number of nitrogens with one attached hydrogen (secondary N) is 1. The van der Waals surface area contributed by atoms with Gasteiger partial charge in [-0.25, -0.2) is 0 Å². The molecule has 2 heterocycles. The Labute approximate surface area is 99.8 Å². The van der Waals surface area contributed by atoms with E-state index in [4.69, 9.17) is 9.84 Å². The first-order valence-corrected chi connectivity index (χ1v) is 5.75. The number of nitrogens with zero attached hydrogens (tertiary/aromatic N) is 1. The Morgan fingerprint density at radius 1 is 1.71 bits per heavy atom. The minimum absolute atomic E-state index is 0.133. The van der Waals surface area contributed by atoms with Crippen LogP contribution in [0.1, 0.15) is 24.4 Å². The predicted octanol–water partition coefficient (Wildman–Crippen LogP) is 0.976. The number of carbonyl (C=O) groups is 1. The molecule has 0 aromatic carbocycles. The number of hydrogen-bond acceptors (Lipinski definition) is 4. The fourth-order valence-electron chi connectivity index (χ4n) is 1.95. The van der Waals surface area contributed by atoms with Crippen LogP contribution < -0.4 is 5.32 Å². The maximum absolute atomic E-state index is 11.2. The summed E-state index contributed by atoms with van der Waals surface area (Å²) < 4.78 is 5.45. The summed E-state index contributed by atoms with van der Waals surface area (Å²) in [7, 11) is 0. The third kappa shape index (κ3) is 3.25. The van der Waals surface area contributed by atoms with E-state index in [2.05, 4.69) is 10.3 Å². The normalized spacial score (nSPS) is 21.3. The quantitative estimate of drug-likeness (QED) is 0.797. The number of ether oxygens (including phenoxy) is 1. The number of carboxylic acid groups (broad SMARTS) is 1. The number of hydrogen-bond donors (Lipinski definition) is 2. The molecule has 5 heteroatoms. The van der Waals surface area contributed by atoms with Crippen LogP contribution in [0.25, 0.3) is 0 Å². The lowest BCUT2D eigenvalue weighted by molar-refractivity contribution is -0.139. The molecule has 1 saturated heterocycles. The number of aliphatic carboxylic acids is 1. The van der Waals surface area contributed by atoms with Crippen molar-refractivity contribution in [3.63, 3.8) is 0 Å². The van der Waals surface area contributed by atoms with Gasteiger partial charge in [0.1, 0.15) is 6.04 Å². The third-order valence-electron chi connectivity index (χ3n) is 2.84. The van der Waals surface area contributed by atoms with E-state index in [0.717, 1.165) is 19.4 Å². The molecule has 1 fully saturated rings. The van der Waals surface area contributed by atoms with Gasteiger partial charge in [0.05, 0.1) is 6.10 Å². The van der Waals surface area contributed by atoms with E-state index in [9.17, 15) is 4.79 Å². The zero-order valence-electron chi connectivity index (χ0n) is 9.50. The molecule has 0 amide bonds. The molecule has 2 atom stereocenters. The second-order valence-electron chi connectivity index (χ2n) is 4.10. The molecule has 92 valence electrons. The summed E-state index contributed by atoms with van der Waals surface area (Å²) in [6.07, 6.45) is 5.38. The highest BCUT2D eigenvalue weighted by Crippen LogP contribution is 2.15. The zero-order valence-corrected chi connectivity index (χ0v) is 9.50. The summed E-state index contributed by atoms with van der Waals surface area (Å²) in [6.45, 7) is 1.34. The SMILES string of the molecule is O=C(O)C(NCC1CCCO1)c1cccnc1. The van der Waals surface area contributed by atoms with Gasteiger partial charge in [0.2, 0.25) is 0 Å². The van der Waals surface area contributed by atoms with E-state index in [1.54, 1.807) is 24.5 Å². The topological polar surface area (TPSA) is 71.5 Å². The predicted molar refractivity (Wildman–Crippen MR) is 61.6 cm³/mol. The van der Waals surface area contributed by atoms with Gasteiger partial charge in [-0.1, -0.05) is 6.07 Å². The lowest BCUT2D eigenvalue weighted by atomic mass is 10.1. The van der Waals surface area contributed by atoms with Crippen molar-refractivity contribution in [2.45, 2.75) is 25.0 Å². The number of rotatable bonds is 5. The van der Waals surface area contributed by atoms with Crippen molar-refractivity contribution in [2.24, 2.45) is 0 Å². The maximum atomic E-state index is 11.2. The molecular formula is C12H16N2O3. The minimum Gasteiger partial charge on any atom is -0.480 e. The fraction of sp³-hybridized carbons (Fsp3) is 0.500. The molecular weight excluding hydrogens is 220 g/mol. The van der Waals surface area contributed by atoms with Crippen molar-refractivity contribution >= 4 is 5.97 Å². The summed E-state index contributed by atoms with van der Waals surface area (Å²) >= 11 is 0. The van der Waals surface area contributed by atoms with Gasteiger partial charge < -0.3 is 9.84 Å². The third-order valence-corrected chi connectivity index (χ3v) is 2.84. The Morgan fingerprint density at radius 3 is 3.18 bits per heavy atom. The Kier molecular flexibility index (Phi) is 4.06. The van der Waals surface area contributed by atoms with Crippen LogP contribution in [0.3, 0.4) is 0 Å². The summed E-state index contributed by atoms with van der Waals surface area (Å²) in [5.74, 6) is -0.893. The van der Waals surface area contributed by atoms with Crippen molar-refractivity contribution in [3.05, 3.63) is 30.1 Å². The number of carboxylic acids is 1. The highest BCUT2D eigenvalue weighted by molar-refractivity contribution is 5.75. The first-order valence-electron chi connectivity index (χ1n) is 5.75. The molecule has 0 bridgehead atoms. The van der Waals surface area contributed by atoms with Crippen molar-refractivity contribution in [1.29, 1.82) is 0 Å². The Hall–Kier alpha value is -1.46. The smallest absolute Gasteiger partial charge is 0.325 e. The molecule has 2 N–H and O–H groups in total. The van der Waals surface area contributed by atoms with E-state index in [1.165, 1.54) is 0 Å². The molecule has 5 nitrogen and oxygen atoms in total. The maximum Gasteiger partial charge on any atom is 0.325 e. The van der Waals surface area contributed by atoms with Gasteiger partial charge >= 0.3 is 5.97 Å². The Morgan fingerprint density at radius 2 is 2.59 bits per heavy atom. The molecule has 1 aliphatic rings. The highest BCUT2D eigenvalue weighted by Gasteiger charge is 2.22. The molecule has 0 saturated carbocycles. The second-order valence-corrected chi connectivity index (χ2v) is 4.10. The monoisotopic (exact) mass is 236 g/mol. The second kappa shape index (κ2) is 5.75. The molecule has 1 aromatic rings. The van der Waals surface area contributed by atoms with Crippen LogP contribution in [0.15, 0.2) is 24.5 Å². The van der Waals surface area contributed by atoms with E-state index in [-0.39, 0.29) is 6.10 Å². The van der Waals surface area contributed by atoms with Gasteiger partial charge in [-0.05, 0) is 24.5 Å². The van der Waals surface area contributed by atoms with E-state index < -0.39 is 12.0 Å². The van der Waals surface area contributed by atoms with Crippen LogP contribution in [0, 0.1) is 0 Å².